The molecule has 2 rings (SSSR count). The van der Waals surface area contributed by atoms with E-state index in [1.54, 1.807) is 13.8 Å². The summed E-state index contributed by atoms with van der Waals surface area (Å²) in [6, 6.07) is 0. The molecule has 0 saturated heterocycles. The lowest BCUT2D eigenvalue weighted by Crippen LogP contribution is -2.41. The van der Waals surface area contributed by atoms with Gasteiger partial charge in [0, 0.05) is 18.7 Å². The Kier molecular flexibility index (Phi) is 5.49. The molecule has 0 fully saturated rings. The van der Waals surface area contributed by atoms with Gasteiger partial charge >= 0.3 is 18.0 Å². The number of fused-ring (bicyclic) bond motifs is 1. The number of alkyl halides is 3. The number of carboxylic acid groups (broad SMARTS) is 1. The van der Waals surface area contributed by atoms with E-state index in [4.69, 9.17) is 5.11 Å². The zero-order valence-corrected chi connectivity index (χ0v) is 15.0. The summed E-state index contributed by atoms with van der Waals surface area (Å²) in [5.74, 6) is -0.0948. The third-order valence-electron chi connectivity index (χ3n) is 3.60. The van der Waals surface area contributed by atoms with Crippen molar-refractivity contribution >= 4 is 27.7 Å². The molecule has 0 radical (unpaired) electrons. The van der Waals surface area contributed by atoms with Gasteiger partial charge in [0.2, 0.25) is 0 Å². The largest absolute Gasteiger partial charge is 0.512 e. The van der Waals surface area contributed by atoms with E-state index < -0.39 is 36.5 Å². The molecule has 7 nitrogen and oxygen atoms in total. The normalized spacial score (nSPS) is 12.1. The van der Waals surface area contributed by atoms with E-state index in [9.17, 15) is 27.6 Å². The van der Waals surface area contributed by atoms with Crippen molar-refractivity contribution in [2.45, 2.75) is 46.5 Å². The maximum atomic E-state index is 12.7. The SMILES string of the molecule is Cc1c(OC(=O)O)sc2c1c(=O)n(CC(C)C)c(=O)n2CCC(F)(F)F. The molecule has 0 aliphatic rings. The number of hydrogen-bond acceptors (Lipinski definition) is 5. The van der Waals surface area contributed by atoms with Crippen molar-refractivity contribution < 1.29 is 27.8 Å². The van der Waals surface area contributed by atoms with Crippen LogP contribution in [0.15, 0.2) is 9.59 Å². The van der Waals surface area contributed by atoms with Crippen LogP contribution in [0.1, 0.15) is 25.8 Å². The second kappa shape index (κ2) is 7.14. The molecule has 0 saturated carbocycles. The van der Waals surface area contributed by atoms with E-state index in [0.29, 0.717) is 11.3 Å². The van der Waals surface area contributed by atoms with Crippen molar-refractivity contribution in [2.24, 2.45) is 5.92 Å². The molecular formula is C15H17F3N2O5S. The summed E-state index contributed by atoms with van der Waals surface area (Å²) in [5, 5.41) is 8.63. The summed E-state index contributed by atoms with van der Waals surface area (Å²) in [5.41, 5.74) is -1.35. The fourth-order valence-corrected chi connectivity index (χ4v) is 3.68. The summed E-state index contributed by atoms with van der Waals surface area (Å²) in [6.45, 7) is 4.30. The summed E-state index contributed by atoms with van der Waals surface area (Å²) in [4.78, 5) is 36.1. The number of aryl methyl sites for hydroxylation is 2. The molecular weight excluding hydrogens is 377 g/mol. The van der Waals surface area contributed by atoms with E-state index >= 15 is 0 Å². The second-order valence-corrected chi connectivity index (χ2v) is 7.13. The van der Waals surface area contributed by atoms with Gasteiger partial charge in [-0.05, 0) is 12.8 Å². The first-order valence-electron chi connectivity index (χ1n) is 7.66. The number of carbonyl (C=O) groups is 1. The third kappa shape index (κ3) is 4.09. The Labute approximate surface area is 149 Å². The van der Waals surface area contributed by atoms with Gasteiger partial charge in [0.05, 0.1) is 11.8 Å². The zero-order valence-electron chi connectivity index (χ0n) is 14.2. The summed E-state index contributed by atoms with van der Waals surface area (Å²) >= 11 is 0.665. The Morgan fingerprint density at radius 3 is 2.38 bits per heavy atom. The quantitative estimate of drug-likeness (QED) is 0.787. The monoisotopic (exact) mass is 394 g/mol. The van der Waals surface area contributed by atoms with Gasteiger partial charge in [0.1, 0.15) is 4.83 Å². The minimum atomic E-state index is -4.49. The molecule has 0 aromatic carbocycles. The Morgan fingerprint density at radius 1 is 1.27 bits per heavy atom. The van der Waals surface area contributed by atoms with E-state index in [0.717, 1.165) is 9.13 Å². The van der Waals surface area contributed by atoms with Crippen molar-refractivity contribution in [2.75, 3.05) is 0 Å². The topological polar surface area (TPSA) is 90.5 Å². The van der Waals surface area contributed by atoms with Crippen LogP contribution in [-0.4, -0.2) is 26.6 Å². The highest BCUT2D eigenvalue weighted by Gasteiger charge is 2.29. The molecule has 0 spiro atoms. The molecule has 2 aromatic rings. The van der Waals surface area contributed by atoms with Crippen LogP contribution in [0.25, 0.3) is 10.2 Å². The first kappa shape index (κ1) is 20.0. The number of thiophene rings is 1. The number of aromatic nitrogens is 2. The second-order valence-electron chi connectivity index (χ2n) is 6.17. The molecule has 26 heavy (non-hydrogen) atoms. The van der Waals surface area contributed by atoms with Crippen molar-refractivity contribution in [1.82, 2.24) is 9.13 Å². The van der Waals surface area contributed by atoms with Gasteiger partial charge in [-0.3, -0.25) is 13.9 Å². The van der Waals surface area contributed by atoms with Gasteiger partial charge in [-0.2, -0.15) is 13.2 Å². The Hall–Kier alpha value is -2.30. The van der Waals surface area contributed by atoms with E-state index in [1.807, 2.05) is 0 Å². The molecule has 0 aliphatic heterocycles. The molecule has 2 aromatic heterocycles. The van der Waals surface area contributed by atoms with E-state index in [-0.39, 0.29) is 33.3 Å². The summed E-state index contributed by atoms with van der Waals surface area (Å²) < 4.78 is 44.2. The Balaban J connectivity index is 2.78. The summed E-state index contributed by atoms with van der Waals surface area (Å²) in [7, 11) is 0. The van der Waals surface area contributed by atoms with Gasteiger partial charge in [0.25, 0.3) is 5.56 Å². The first-order valence-corrected chi connectivity index (χ1v) is 8.48. The molecule has 144 valence electrons. The molecule has 11 heteroatoms. The minimum Gasteiger partial charge on any atom is -0.449 e. The Bertz CT molecular complexity index is 955. The average molecular weight is 394 g/mol. The van der Waals surface area contributed by atoms with Gasteiger partial charge in [0.15, 0.2) is 5.06 Å². The molecule has 0 amide bonds. The summed E-state index contributed by atoms with van der Waals surface area (Å²) in [6.07, 6.45) is -7.36. The predicted molar refractivity (Wildman–Crippen MR) is 89.2 cm³/mol. The lowest BCUT2D eigenvalue weighted by molar-refractivity contribution is -0.136. The standard InChI is InChI=1S/C15H17F3N2O5S/c1-7(2)6-20-10(21)9-8(3)12(25-14(23)24)26-11(9)19(13(20)22)5-4-15(16,17)18/h7H,4-6H2,1-3H3,(H,23,24). The smallest absolute Gasteiger partial charge is 0.449 e. The number of hydrogen-bond donors (Lipinski definition) is 1. The number of halogens is 3. The van der Waals surface area contributed by atoms with Gasteiger partial charge in [-0.25, -0.2) is 9.59 Å². The van der Waals surface area contributed by atoms with Crippen LogP contribution < -0.4 is 16.0 Å². The van der Waals surface area contributed by atoms with Crippen LogP contribution >= 0.6 is 11.3 Å². The van der Waals surface area contributed by atoms with Crippen LogP contribution in [0.5, 0.6) is 5.06 Å². The van der Waals surface area contributed by atoms with Crippen LogP contribution in [-0.2, 0) is 13.1 Å². The van der Waals surface area contributed by atoms with Gasteiger partial charge in [-0.15, -0.1) is 0 Å². The number of nitrogens with zero attached hydrogens (tertiary/aromatic N) is 2. The van der Waals surface area contributed by atoms with Crippen LogP contribution in [0.4, 0.5) is 18.0 Å². The molecule has 2 heterocycles. The highest BCUT2D eigenvalue weighted by molar-refractivity contribution is 7.20. The average Bonchev–Trinajstić information content (AvgIpc) is 2.78. The highest BCUT2D eigenvalue weighted by atomic mass is 32.1. The highest BCUT2D eigenvalue weighted by Crippen LogP contribution is 2.35. The molecule has 0 bridgehead atoms. The van der Waals surface area contributed by atoms with Gasteiger partial charge < -0.3 is 9.84 Å². The van der Waals surface area contributed by atoms with Crippen molar-refractivity contribution in [3.05, 3.63) is 26.4 Å². The maximum Gasteiger partial charge on any atom is 0.512 e. The number of ether oxygens (including phenoxy) is 1. The first-order chi connectivity index (χ1) is 11.9. The van der Waals surface area contributed by atoms with E-state index in [2.05, 4.69) is 4.74 Å². The lowest BCUT2D eigenvalue weighted by Gasteiger charge is -2.14. The molecule has 1 N–H and O–H groups in total. The fourth-order valence-electron chi connectivity index (χ4n) is 2.51. The minimum absolute atomic E-state index is 0.00586. The lowest BCUT2D eigenvalue weighted by atomic mass is 10.2. The van der Waals surface area contributed by atoms with Crippen LogP contribution in [0.2, 0.25) is 0 Å². The van der Waals surface area contributed by atoms with Crippen molar-refractivity contribution in [3.8, 4) is 5.06 Å². The van der Waals surface area contributed by atoms with Crippen LogP contribution in [0, 0.1) is 12.8 Å². The zero-order chi connectivity index (χ0) is 19.8. The molecule has 0 unspecified atom stereocenters. The molecule has 0 aliphatic carbocycles. The fraction of sp³-hybridized carbons (Fsp3) is 0.533. The molecule has 0 atom stereocenters. The maximum absolute atomic E-state index is 12.7. The van der Waals surface area contributed by atoms with Crippen molar-refractivity contribution in [1.29, 1.82) is 0 Å². The van der Waals surface area contributed by atoms with Crippen molar-refractivity contribution in [3.63, 3.8) is 0 Å². The van der Waals surface area contributed by atoms with Gasteiger partial charge in [-0.1, -0.05) is 25.2 Å². The Morgan fingerprint density at radius 2 is 1.88 bits per heavy atom. The number of rotatable bonds is 5. The third-order valence-corrected chi connectivity index (χ3v) is 4.79. The predicted octanol–water partition coefficient (Wildman–Crippen LogP) is 3.20. The van der Waals surface area contributed by atoms with Crippen LogP contribution in [0.3, 0.4) is 0 Å². The van der Waals surface area contributed by atoms with E-state index in [1.165, 1.54) is 6.92 Å².